The van der Waals surface area contributed by atoms with E-state index in [0.717, 1.165) is 25.2 Å². The van der Waals surface area contributed by atoms with Crippen molar-refractivity contribution < 1.29 is 5.11 Å². The normalized spacial score (nSPS) is 14.1. The molecule has 3 nitrogen and oxygen atoms in total. The molecule has 0 radical (unpaired) electrons. The lowest BCUT2D eigenvalue weighted by Crippen LogP contribution is -2.05. The molecule has 2 N–H and O–H groups in total. The lowest BCUT2D eigenvalue weighted by Gasteiger charge is -2.06. The molecule has 14 heavy (non-hydrogen) atoms. The molecule has 3 heteroatoms. The summed E-state index contributed by atoms with van der Waals surface area (Å²) in [5.74, 6) is 0.944. The summed E-state index contributed by atoms with van der Waals surface area (Å²) in [7, 11) is 0. The topological polar surface area (TPSA) is 45.1 Å². The van der Waals surface area contributed by atoms with Crippen LogP contribution in [0.1, 0.15) is 24.1 Å². The van der Waals surface area contributed by atoms with Gasteiger partial charge in [-0.3, -0.25) is 0 Å². The van der Waals surface area contributed by atoms with Gasteiger partial charge in [-0.15, -0.1) is 0 Å². The number of rotatable bonds is 4. The molecule has 1 aliphatic rings. The molecule has 0 bridgehead atoms. The number of aliphatic hydroxyl groups excluding tert-OH is 1. The Balaban J connectivity index is 1.98. The molecule has 0 atom stereocenters. The summed E-state index contributed by atoms with van der Waals surface area (Å²) in [4.78, 5) is 4.53. The van der Waals surface area contributed by atoms with Crippen molar-refractivity contribution >= 4 is 5.82 Å². The summed E-state index contributed by atoms with van der Waals surface area (Å²) < 4.78 is 0. The SMILES string of the molecule is OCCCNc1ccc2c(n1)CCC2. The lowest BCUT2D eigenvalue weighted by molar-refractivity contribution is 0.292. The van der Waals surface area contributed by atoms with Crippen LogP contribution in [0.25, 0.3) is 0 Å². The largest absolute Gasteiger partial charge is 0.396 e. The second-order valence-corrected chi connectivity index (χ2v) is 3.66. The Morgan fingerprint density at radius 2 is 2.29 bits per heavy atom. The molecule has 2 rings (SSSR count). The van der Waals surface area contributed by atoms with Crippen molar-refractivity contribution in [3.8, 4) is 0 Å². The Bertz CT molecular complexity index is 312. The fraction of sp³-hybridized carbons (Fsp3) is 0.545. The Morgan fingerprint density at radius 1 is 1.36 bits per heavy atom. The summed E-state index contributed by atoms with van der Waals surface area (Å²) in [6.07, 6.45) is 4.31. The lowest BCUT2D eigenvalue weighted by atomic mass is 10.2. The molecule has 0 aliphatic heterocycles. The predicted molar refractivity (Wildman–Crippen MR) is 56.5 cm³/mol. The van der Waals surface area contributed by atoms with Gasteiger partial charge in [0.05, 0.1) is 0 Å². The molecule has 0 spiro atoms. The van der Waals surface area contributed by atoms with Gasteiger partial charge in [-0.25, -0.2) is 4.98 Å². The summed E-state index contributed by atoms with van der Waals surface area (Å²) in [6, 6.07) is 4.19. The fourth-order valence-corrected chi connectivity index (χ4v) is 1.81. The van der Waals surface area contributed by atoms with E-state index in [1.807, 2.05) is 6.07 Å². The first kappa shape index (κ1) is 9.46. The minimum Gasteiger partial charge on any atom is -0.396 e. The highest BCUT2D eigenvalue weighted by molar-refractivity contribution is 5.40. The van der Waals surface area contributed by atoms with E-state index in [2.05, 4.69) is 16.4 Å². The molecule has 1 aromatic heterocycles. The number of pyridine rings is 1. The fourth-order valence-electron chi connectivity index (χ4n) is 1.81. The monoisotopic (exact) mass is 192 g/mol. The molecular weight excluding hydrogens is 176 g/mol. The maximum atomic E-state index is 8.64. The zero-order valence-electron chi connectivity index (χ0n) is 8.29. The average molecular weight is 192 g/mol. The van der Waals surface area contributed by atoms with Gasteiger partial charge in [0.2, 0.25) is 0 Å². The highest BCUT2D eigenvalue weighted by atomic mass is 16.3. The maximum Gasteiger partial charge on any atom is 0.126 e. The molecule has 76 valence electrons. The number of aromatic nitrogens is 1. The first-order valence-electron chi connectivity index (χ1n) is 5.23. The number of nitrogens with one attached hydrogen (secondary N) is 1. The Morgan fingerprint density at radius 3 is 3.14 bits per heavy atom. The van der Waals surface area contributed by atoms with Gasteiger partial charge in [0, 0.05) is 18.8 Å². The third-order valence-electron chi connectivity index (χ3n) is 2.57. The first-order chi connectivity index (χ1) is 6.90. The van der Waals surface area contributed by atoms with Crippen LogP contribution in [-0.4, -0.2) is 23.2 Å². The summed E-state index contributed by atoms with van der Waals surface area (Å²) in [5.41, 5.74) is 2.65. The first-order valence-corrected chi connectivity index (χ1v) is 5.23. The highest BCUT2D eigenvalue weighted by Gasteiger charge is 2.11. The van der Waals surface area contributed by atoms with Gasteiger partial charge in [-0.05, 0) is 37.3 Å². The molecule has 1 heterocycles. The number of hydrogen-bond donors (Lipinski definition) is 2. The van der Waals surface area contributed by atoms with E-state index in [-0.39, 0.29) is 6.61 Å². The molecule has 0 amide bonds. The van der Waals surface area contributed by atoms with Crippen LogP contribution in [0.4, 0.5) is 5.82 Å². The van der Waals surface area contributed by atoms with Gasteiger partial charge >= 0.3 is 0 Å². The zero-order valence-corrected chi connectivity index (χ0v) is 8.29. The van der Waals surface area contributed by atoms with E-state index < -0.39 is 0 Å². The van der Waals surface area contributed by atoms with Gasteiger partial charge in [0.15, 0.2) is 0 Å². The van der Waals surface area contributed by atoms with Crippen molar-refractivity contribution in [3.63, 3.8) is 0 Å². The van der Waals surface area contributed by atoms with Crippen molar-refractivity contribution in [1.29, 1.82) is 0 Å². The van der Waals surface area contributed by atoms with E-state index in [1.54, 1.807) is 0 Å². The molecule has 0 fully saturated rings. The predicted octanol–water partition coefficient (Wildman–Crippen LogP) is 1.36. The van der Waals surface area contributed by atoms with Crippen LogP contribution in [0.3, 0.4) is 0 Å². The van der Waals surface area contributed by atoms with Crippen LogP contribution >= 0.6 is 0 Å². The van der Waals surface area contributed by atoms with Crippen LogP contribution in [0.15, 0.2) is 12.1 Å². The number of nitrogens with zero attached hydrogens (tertiary/aromatic N) is 1. The Labute approximate surface area is 84.2 Å². The Hall–Kier alpha value is -1.09. The van der Waals surface area contributed by atoms with Crippen LogP contribution in [0, 0.1) is 0 Å². The second kappa shape index (κ2) is 4.42. The van der Waals surface area contributed by atoms with Crippen LogP contribution in [0.5, 0.6) is 0 Å². The van der Waals surface area contributed by atoms with E-state index in [1.165, 1.54) is 24.1 Å². The molecule has 1 aromatic rings. The summed E-state index contributed by atoms with van der Waals surface area (Å²) in [5, 5.41) is 11.8. The average Bonchev–Trinajstić information content (AvgIpc) is 2.65. The van der Waals surface area contributed by atoms with Gasteiger partial charge in [-0.2, -0.15) is 0 Å². The molecule has 0 aromatic carbocycles. The minimum atomic E-state index is 0.234. The second-order valence-electron chi connectivity index (χ2n) is 3.66. The quantitative estimate of drug-likeness (QED) is 0.708. The standard InChI is InChI=1S/C11H16N2O/c14-8-2-7-12-11-6-5-9-3-1-4-10(9)13-11/h5-6,14H,1-4,7-8H2,(H,12,13). The molecule has 0 saturated heterocycles. The number of anilines is 1. The van der Waals surface area contributed by atoms with Crippen molar-refractivity contribution in [2.75, 3.05) is 18.5 Å². The smallest absolute Gasteiger partial charge is 0.126 e. The van der Waals surface area contributed by atoms with E-state index in [9.17, 15) is 0 Å². The summed E-state index contributed by atoms with van der Waals surface area (Å²) >= 11 is 0. The van der Waals surface area contributed by atoms with Crippen molar-refractivity contribution in [2.24, 2.45) is 0 Å². The Kier molecular flexibility index (Phi) is 2.99. The molecular formula is C11H16N2O. The number of aryl methyl sites for hydroxylation is 2. The van der Waals surface area contributed by atoms with Gasteiger partial charge in [-0.1, -0.05) is 6.07 Å². The van der Waals surface area contributed by atoms with Gasteiger partial charge in [0.1, 0.15) is 5.82 Å². The van der Waals surface area contributed by atoms with Crippen molar-refractivity contribution in [1.82, 2.24) is 4.98 Å². The van der Waals surface area contributed by atoms with E-state index in [0.29, 0.717) is 0 Å². The molecule has 0 unspecified atom stereocenters. The third-order valence-corrected chi connectivity index (χ3v) is 2.57. The van der Waals surface area contributed by atoms with Crippen LogP contribution < -0.4 is 5.32 Å². The summed E-state index contributed by atoms with van der Waals surface area (Å²) in [6.45, 7) is 1.03. The van der Waals surface area contributed by atoms with Crippen molar-refractivity contribution in [2.45, 2.75) is 25.7 Å². The number of aliphatic hydroxyl groups is 1. The van der Waals surface area contributed by atoms with Crippen molar-refractivity contribution in [3.05, 3.63) is 23.4 Å². The third kappa shape index (κ3) is 2.04. The molecule has 1 aliphatic carbocycles. The minimum absolute atomic E-state index is 0.234. The van der Waals surface area contributed by atoms with Crippen LogP contribution in [-0.2, 0) is 12.8 Å². The number of hydrogen-bond acceptors (Lipinski definition) is 3. The zero-order chi connectivity index (χ0) is 9.80. The maximum absolute atomic E-state index is 8.64. The van der Waals surface area contributed by atoms with E-state index >= 15 is 0 Å². The number of fused-ring (bicyclic) bond motifs is 1. The van der Waals surface area contributed by atoms with Crippen LogP contribution in [0.2, 0.25) is 0 Å². The van der Waals surface area contributed by atoms with Gasteiger partial charge < -0.3 is 10.4 Å². The molecule has 0 saturated carbocycles. The highest BCUT2D eigenvalue weighted by Crippen LogP contribution is 2.21. The van der Waals surface area contributed by atoms with E-state index in [4.69, 9.17) is 5.11 Å². The van der Waals surface area contributed by atoms with Gasteiger partial charge in [0.25, 0.3) is 0 Å².